The molecule has 0 N–H and O–H groups in total. The van der Waals surface area contributed by atoms with Crippen LogP contribution in [0.2, 0.25) is 0 Å². The number of ether oxygens (including phenoxy) is 2. The van der Waals surface area contributed by atoms with Gasteiger partial charge in [0.25, 0.3) is 0 Å². The first-order chi connectivity index (χ1) is 15.5. The number of rotatable bonds is 8. The number of hydrogen-bond acceptors (Lipinski definition) is 7. The second-order valence-corrected chi connectivity index (χ2v) is 9.04. The Kier molecular flexibility index (Phi) is 7.06. The minimum Gasteiger partial charge on any atom is -0.477 e. The van der Waals surface area contributed by atoms with E-state index < -0.39 is 27.0 Å². The highest BCUT2D eigenvalue weighted by Gasteiger charge is 2.50. The van der Waals surface area contributed by atoms with Gasteiger partial charge in [-0.3, -0.25) is 4.79 Å². The van der Waals surface area contributed by atoms with Gasteiger partial charge in [0.05, 0.1) is 12.3 Å². The van der Waals surface area contributed by atoms with E-state index in [-0.39, 0.29) is 38.2 Å². The molecule has 8 nitrogen and oxygen atoms in total. The van der Waals surface area contributed by atoms with Crippen molar-refractivity contribution in [3.8, 4) is 17.1 Å². The summed E-state index contributed by atoms with van der Waals surface area (Å²) in [6.45, 7) is 1.58. The summed E-state index contributed by atoms with van der Waals surface area (Å²) >= 11 is 0. The summed E-state index contributed by atoms with van der Waals surface area (Å²) in [6, 6.07) is 11.1. The summed E-state index contributed by atoms with van der Waals surface area (Å²) < 4.78 is 77.1. The van der Waals surface area contributed by atoms with Crippen LogP contribution in [0.3, 0.4) is 0 Å². The number of carbonyl (C=O) groups is 1. The number of hydrogen-bond donors (Lipinski definition) is 0. The normalized spacial score (nSPS) is 19.0. The molecule has 1 aromatic heterocycles. The molecule has 1 heterocycles. The van der Waals surface area contributed by atoms with Crippen LogP contribution in [0.4, 0.5) is 13.2 Å². The summed E-state index contributed by atoms with van der Waals surface area (Å²) in [6.07, 6.45) is 0.816. The molecule has 0 spiro atoms. The number of aryl methyl sites for hydroxylation is 1. The highest BCUT2D eigenvalue weighted by molar-refractivity contribution is 7.87. The van der Waals surface area contributed by atoms with E-state index in [4.69, 9.17) is 9.47 Å². The van der Waals surface area contributed by atoms with E-state index in [0.29, 0.717) is 11.6 Å². The summed E-state index contributed by atoms with van der Waals surface area (Å²) in [7, 11) is -4.10. The van der Waals surface area contributed by atoms with Crippen molar-refractivity contribution in [1.29, 1.82) is 0 Å². The summed E-state index contributed by atoms with van der Waals surface area (Å²) in [5.74, 6) is -0.591. The van der Waals surface area contributed by atoms with Crippen molar-refractivity contribution in [2.45, 2.75) is 31.7 Å². The fraction of sp³-hybridized carbons (Fsp3) is 0.429. The van der Waals surface area contributed by atoms with Gasteiger partial charge in [-0.15, -0.1) is 0 Å². The monoisotopic (exact) mass is 488 g/mol. The number of carbonyl (C=O) groups excluding carboxylic acids is 1. The predicted octanol–water partition coefficient (Wildman–Crippen LogP) is 3.95. The van der Waals surface area contributed by atoms with E-state index in [2.05, 4.69) is 9.28 Å². The van der Waals surface area contributed by atoms with Crippen LogP contribution in [0.15, 0.2) is 48.2 Å². The molecule has 2 aromatic rings. The average molecular weight is 488 g/mol. The van der Waals surface area contributed by atoms with Gasteiger partial charge in [0.1, 0.15) is 17.8 Å². The zero-order chi connectivity index (χ0) is 24.3. The maximum atomic E-state index is 12.7. The lowest BCUT2D eigenvalue weighted by atomic mass is 9.77. The topological polar surface area (TPSA) is 96.7 Å². The van der Waals surface area contributed by atoms with Gasteiger partial charge >= 0.3 is 21.6 Å². The standard InChI is InChI=1S/C21H23F3N2O6S/c1-3-30-19(27)20(11-9-16(10-12-20)32-33(28,29)21(22,23)24)14-31-18-13-17(25-26(18)2)15-7-5-4-6-8-15/h4-9,13H,3,10-12,14H2,1-2H3. The van der Waals surface area contributed by atoms with Crippen molar-refractivity contribution in [3.05, 3.63) is 48.2 Å². The van der Waals surface area contributed by atoms with Crippen LogP contribution >= 0.6 is 0 Å². The van der Waals surface area contributed by atoms with Crippen molar-refractivity contribution >= 4 is 16.1 Å². The van der Waals surface area contributed by atoms with Gasteiger partial charge in [-0.2, -0.15) is 26.7 Å². The molecular weight excluding hydrogens is 465 g/mol. The number of nitrogens with zero attached hydrogens (tertiary/aromatic N) is 2. The van der Waals surface area contributed by atoms with Crippen LogP contribution in [-0.4, -0.2) is 42.9 Å². The van der Waals surface area contributed by atoms with Crippen LogP contribution in [0.5, 0.6) is 5.88 Å². The van der Waals surface area contributed by atoms with E-state index in [1.165, 1.54) is 4.68 Å². The van der Waals surface area contributed by atoms with Crippen molar-refractivity contribution in [3.63, 3.8) is 0 Å². The highest BCUT2D eigenvalue weighted by Crippen LogP contribution is 2.39. The fourth-order valence-electron chi connectivity index (χ4n) is 3.35. The molecule has 1 atom stereocenters. The van der Waals surface area contributed by atoms with E-state index in [0.717, 1.165) is 11.6 Å². The zero-order valence-corrected chi connectivity index (χ0v) is 18.8. The van der Waals surface area contributed by atoms with Gasteiger partial charge in [-0.05, 0) is 25.8 Å². The first-order valence-corrected chi connectivity index (χ1v) is 11.5. The number of benzene rings is 1. The third-order valence-electron chi connectivity index (χ3n) is 5.18. The first kappa shape index (κ1) is 24.6. The maximum Gasteiger partial charge on any atom is 0.534 e. The molecule has 1 aromatic carbocycles. The third-order valence-corrected chi connectivity index (χ3v) is 6.18. The quantitative estimate of drug-likeness (QED) is 0.315. The molecule has 12 heteroatoms. The molecule has 3 rings (SSSR count). The predicted molar refractivity (Wildman–Crippen MR) is 111 cm³/mol. The van der Waals surface area contributed by atoms with Crippen LogP contribution in [0.25, 0.3) is 11.3 Å². The Morgan fingerprint density at radius 3 is 2.52 bits per heavy atom. The Bertz CT molecular complexity index is 1130. The molecular formula is C21H23F3N2O6S. The SMILES string of the molecule is CCOC(=O)C1(COc2cc(-c3ccccc3)nn2C)CC=C(OS(=O)(=O)C(F)(F)F)CC1. The lowest BCUT2D eigenvalue weighted by molar-refractivity contribution is -0.158. The number of allylic oxidation sites excluding steroid dienone is 2. The molecule has 1 unspecified atom stereocenters. The maximum absolute atomic E-state index is 12.7. The number of aromatic nitrogens is 2. The Morgan fingerprint density at radius 1 is 1.24 bits per heavy atom. The van der Waals surface area contributed by atoms with Crippen molar-refractivity contribution in [2.75, 3.05) is 13.2 Å². The second-order valence-electron chi connectivity index (χ2n) is 7.50. The van der Waals surface area contributed by atoms with E-state index in [9.17, 15) is 26.4 Å². The number of halogens is 3. The summed E-state index contributed by atoms with van der Waals surface area (Å²) in [5, 5.41) is 4.39. The molecule has 0 aliphatic heterocycles. The molecule has 0 bridgehead atoms. The van der Waals surface area contributed by atoms with Crippen LogP contribution in [0, 0.1) is 5.41 Å². The minimum atomic E-state index is -5.78. The number of alkyl halides is 3. The molecule has 0 radical (unpaired) electrons. The molecule has 0 fully saturated rings. The van der Waals surface area contributed by atoms with Gasteiger partial charge in [-0.25, -0.2) is 4.68 Å². The molecule has 0 saturated heterocycles. The lowest BCUT2D eigenvalue weighted by Gasteiger charge is -2.33. The van der Waals surface area contributed by atoms with Gasteiger partial charge in [-0.1, -0.05) is 30.3 Å². The van der Waals surface area contributed by atoms with Gasteiger partial charge in [0, 0.05) is 25.1 Å². The Labute approximate surface area is 189 Å². The van der Waals surface area contributed by atoms with Crippen molar-refractivity contribution < 1.29 is 40.0 Å². The molecule has 180 valence electrons. The van der Waals surface area contributed by atoms with E-state index in [1.54, 1.807) is 20.0 Å². The molecule has 0 amide bonds. The van der Waals surface area contributed by atoms with Gasteiger partial charge in [0.15, 0.2) is 0 Å². The van der Waals surface area contributed by atoms with Crippen LogP contribution < -0.4 is 4.74 Å². The Morgan fingerprint density at radius 2 is 1.94 bits per heavy atom. The summed E-state index contributed by atoms with van der Waals surface area (Å²) in [4.78, 5) is 12.7. The molecule has 33 heavy (non-hydrogen) atoms. The molecule has 1 aliphatic carbocycles. The lowest BCUT2D eigenvalue weighted by Crippen LogP contribution is -2.40. The van der Waals surface area contributed by atoms with Gasteiger partial charge in [0.2, 0.25) is 5.88 Å². The van der Waals surface area contributed by atoms with E-state index in [1.807, 2.05) is 30.3 Å². The molecule has 1 aliphatic rings. The third kappa shape index (κ3) is 5.49. The Hall–Kier alpha value is -3.02. The van der Waals surface area contributed by atoms with Crippen LogP contribution in [-0.2, 0) is 30.9 Å². The summed E-state index contributed by atoms with van der Waals surface area (Å²) in [5.41, 5.74) is -5.23. The fourth-order valence-corrected chi connectivity index (χ4v) is 3.87. The average Bonchev–Trinajstić information content (AvgIpc) is 3.14. The second kappa shape index (κ2) is 9.46. The first-order valence-electron chi connectivity index (χ1n) is 10.1. The number of esters is 1. The minimum absolute atomic E-state index is 0.0194. The Balaban J connectivity index is 1.77. The largest absolute Gasteiger partial charge is 0.534 e. The smallest absolute Gasteiger partial charge is 0.477 e. The molecule has 0 saturated carbocycles. The highest BCUT2D eigenvalue weighted by atomic mass is 32.2. The van der Waals surface area contributed by atoms with E-state index >= 15 is 0 Å². The van der Waals surface area contributed by atoms with Crippen molar-refractivity contribution in [1.82, 2.24) is 9.78 Å². The zero-order valence-electron chi connectivity index (χ0n) is 18.0. The van der Waals surface area contributed by atoms with Crippen LogP contribution in [0.1, 0.15) is 26.2 Å². The van der Waals surface area contributed by atoms with Gasteiger partial charge < -0.3 is 13.7 Å². The van der Waals surface area contributed by atoms with Crippen molar-refractivity contribution in [2.24, 2.45) is 12.5 Å².